The number of benzene rings is 2. The second-order valence-corrected chi connectivity index (χ2v) is 7.77. The van der Waals surface area contributed by atoms with Crippen molar-refractivity contribution in [2.75, 3.05) is 5.32 Å². The van der Waals surface area contributed by atoms with Crippen LogP contribution in [0.5, 0.6) is 0 Å². The minimum absolute atomic E-state index is 0.274. The number of nitrogens with zero attached hydrogens (tertiary/aromatic N) is 4. The van der Waals surface area contributed by atoms with Crippen molar-refractivity contribution in [1.29, 1.82) is 5.26 Å². The molecule has 0 unspecified atom stereocenters. The van der Waals surface area contributed by atoms with E-state index in [1.165, 1.54) is 17.5 Å². The van der Waals surface area contributed by atoms with Crippen molar-refractivity contribution in [2.45, 2.75) is 6.42 Å². The third-order valence-electron chi connectivity index (χ3n) is 4.17. The Balaban J connectivity index is 1.41. The van der Waals surface area contributed by atoms with Crippen molar-refractivity contribution in [3.05, 3.63) is 93.7 Å². The number of carbonyl (C=O) groups is 1. The molecular formula is C21H14ClN5OS. The molecule has 0 spiro atoms. The van der Waals surface area contributed by atoms with Crippen molar-refractivity contribution in [2.24, 2.45) is 0 Å². The number of nitrogens with one attached hydrogen (secondary N) is 1. The number of amides is 1. The van der Waals surface area contributed by atoms with Crippen LogP contribution in [0.1, 0.15) is 26.4 Å². The molecule has 0 aliphatic rings. The van der Waals surface area contributed by atoms with Gasteiger partial charge in [-0.3, -0.25) is 10.1 Å². The SMILES string of the molecule is N#Cc1ccc(Cc2cnc(NC(=O)c3cnn(-c4ccc(Cl)cc4)c3)s2)cc1. The Morgan fingerprint density at radius 3 is 2.62 bits per heavy atom. The molecule has 2 aromatic heterocycles. The molecule has 4 aromatic rings. The van der Waals surface area contributed by atoms with Crippen molar-refractivity contribution < 1.29 is 4.79 Å². The molecule has 6 nitrogen and oxygen atoms in total. The van der Waals surface area contributed by atoms with Crippen molar-refractivity contribution in [3.63, 3.8) is 0 Å². The molecule has 0 fully saturated rings. The predicted molar refractivity (Wildman–Crippen MR) is 113 cm³/mol. The van der Waals surface area contributed by atoms with Gasteiger partial charge >= 0.3 is 0 Å². The van der Waals surface area contributed by atoms with Crippen LogP contribution in [0.2, 0.25) is 5.02 Å². The van der Waals surface area contributed by atoms with Gasteiger partial charge in [-0.2, -0.15) is 10.4 Å². The van der Waals surface area contributed by atoms with Gasteiger partial charge in [0.2, 0.25) is 0 Å². The zero-order valence-electron chi connectivity index (χ0n) is 15.0. The van der Waals surface area contributed by atoms with E-state index in [4.69, 9.17) is 16.9 Å². The Morgan fingerprint density at radius 1 is 1.14 bits per heavy atom. The Morgan fingerprint density at radius 2 is 1.90 bits per heavy atom. The summed E-state index contributed by atoms with van der Waals surface area (Å²) in [5.41, 5.74) is 2.95. The van der Waals surface area contributed by atoms with E-state index in [0.29, 0.717) is 27.7 Å². The molecule has 29 heavy (non-hydrogen) atoms. The molecule has 142 valence electrons. The van der Waals surface area contributed by atoms with Crippen LogP contribution in [-0.4, -0.2) is 20.7 Å². The summed E-state index contributed by atoms with van der Waals surface area (Å²) in [4.78, 5) is 17.8. The lowest BCUT2D eigenvalue weighted by molar-refractivity contribution is 0.102. The van der Waals surface area contributed by atoms with Crippen LogP contribution in [-0.2, 0) is 6.42 Å². The number of carbonyl (C=O) groups excluding carboxylic acids is 1. The van der Waals surface area contributed by atoms with E-state index in [0.717, 1.165) is 16.1 Å². The highest BCUT2D eigenvalue weighted by Crippen LogP contribution is 2.22. The van der Waals surface area contributed by atoms with E-state index >= 15 is 0 Å². The Bertz CT molecular complexity index is 1190. The lowest BCUT2D eigenvalue weighted by atomic mass is 10.1. The largest absolute Gasteiger partial charge is 0.298 e. The fraction of sp³-hybridized carbons (Fsp3) is 0.0476. The first kappa shape index (κ1) is 18.9. The van der Waals surface area contributed by atoms with Gasteiger partial charge in [0.25, 0.3) is 5.91 Å². The summed E-state index contributed by atoms with van der Waals surface area (Å²) in [7, 11) is 0. The average Bonchev–Trinajstić information content (AvgIpc) is 3.39. The number of thiazole rings is 1. The van der Waals surface area contributed by atoms with Gasteiger partial charge in [0.05, 0.1) is 29.1 Å². The van der Waals surface area contributed by atoms with Crippen molar-refractivity contribution in [1.82, 2.24) is 14.8 Å². The number of rotatable bonds is 5. The van der Waals surface area contributed by atoms with Crippen LogP contribution >= 0.6 is 22.9 Å². The van der Waals surface area contributed by atoms with E-state index < -0.39 is 0 Å². The summed E-state index contributed by atoms with van der Waals surface area (Å²) in [6.45, 7) is 0. The second kappa shape index (κ2) is 8.27. The zero-order valence-corrected chi connectivity index (χ0v) is 16.6. The first-order chi connectivity index (χ1) is 14.1. The zero-order chi connectivity index (χ0) is 20.2. The highest BCUT2D eigenvalue weighted by Gasteiger charge is 2.12. The molecule has 2 aromatic carbocycles. The monoisotopic (exact) mass is 419 g/mol. The van der Waals surface area contributed by atoms with Gasteiger partial charge in [0.15, 0.2) is 5.13 Å². The smallest absolute Gasteiger partial charge is 0.260 e. The van der Waals surface area contributed by atoms with Gasteiger partial charge < -0.3 is 0 Å². The maximum atomic E-state index is 12.5. The van der Waals surface area contributed by atoms with E-state index in [-0.39, 0.29) is 5.91 Å². The Kier molecular flexibility index (Phi) is 5.38. The summed E-state index contributed by atoms with van der Waals surface area (Å²) in [6.07, 6.45) is 5.60. The number of halogens is 1. The molecular weight excluding hydrogens is 406 g/mol. The van der Waals surface area contributed by atoms with E-state index in [1.807, 2.05) is 24.3 Å². The fourth-order valence-electron chi connectivity index (χ4n) is 2.69. The van der Waals surface area contributed by atoms with E-state index in [2.05, 4.69) is 21.5 Å². The van der Waals surface area contributed by atoms with Crippen LogP contribution in [0.15, 0.2) is 67.1 Å². The van der Waals surface area contributed by atoms with Crippen LogP contribution in [0.25, 0.3) is 5.69 Å². The molecule has 1 N–H and O–H groups in total. The van der Waals surface area contributed by atoms with E-state index in [9.17, 15) is 4.79 Å². The highest BCUT2D eigenvalue weighted by molar-refractivity contribution is 7.15. The molecule has 2 heterocycles. The first-order valence-electron chi connectivity index (χ1n) is 8.66. The Labute approximate surface area is 176 Å². The molecule has 0 saturated heterocycles. The van der Waals surface area contributed by atoms with Gasteiger partial charge in [-0.1, -0.05) is 23.7 Å². The van der Waals surface area contributed by atoms with Gasteiger partial charge in [-0.15, -0.1) is 11.3 Å². The minimum atomic E-state index is -0.274. The molecule has 0 aliphatic carbocycles. The summed E-state index contributed by atoms with van der Waals surface area (Å²) in [5.74, 6) is -0.274. The van der Waals surface area contributed by atoms with Gasteiger partial charge in [-0.05, 0) is 42.0 Å². The fourth-order valence-corrected chi connectivity index (χ4v) is 3.66. The molecule has 4 rings (SSSR count). The average molecular weight is 420 g/mol. The van der Waals surface area contributed by atoms with Gasteiger partial charge in [0.1, 0.15) is 0 Å². The van der Waals surface area contributed by atoms with Crippen LogP contribution in [0.3, 0.4) is 0 Å². The van der Waals surface area contributed by atoms with E-state index in [1.54, 1.807) is 41.3 Å². The van der Waals surface area contributed by atoms with Crippen LogP contribution in [0, 0.1) is 11.3 Å². The topological polar surface area (TPSA) is 83.6 Å². The molecule has 0 radical (unpaired) electrons. The number of hydrogen-bond donors (Lipinski definition) is 1. The summed E-state index contributed by atoms with van der Waals surface area (Å²) in [5, 5.41) is 17.1. The molecule has 8 heteroatoms. The minimum Gasteiger partial charge on any atom is -0.298 e. The molecule has 0 saturated carbocycles. The second-order valence-electron chi connectivity index (χ2n) is 6.22. The first-order valence-corrected chi connectivity index (χ1v) is 9.86. The third kappa shape index (κ3) is 4.51. The quantitative estimate of drug-likeness (QED) is 0.508. The molecule has 0 atom stereocenters. The number of aromatic nitrogens is 3. The third-order valence-corrected chi connectivity index (χ3v) is 5.34. The normalized spacial score (nSPS) is 10.5. The number of anilines is 1. The van der Waals surface area contributed by atoms with Crippen molar-refractivity contribution in [3.8, 4) is 11.8 Å². The van der Waals surface area contributed by atoms with Crippen LogP contribution < -0.4 is 5.32 Å². The molecule has 0 bridgehead atoms. The van der Waals surface area contributed by atoms with Gasteiger partial charge in [0, 0.05) is 28.7 Å². The Hall–Kier alpha value is -3.47. The maximum Gasteiger partial charge on any atom is 0.260 e. The summed E-state index contributed by atoms with van der Waals surface area (Å²) >= 11 is 7.31. The van der Waals surface area contributed by atoms with Gasteiger partial charge in [-0.25, -0.2) is 9.67 Å². The molecule has 1 amide bonds. The molecule has 0 aliphatic heterocycles. The lowest BCUT2D eigenvalue weighted by Crippen LogP contribution is -2.10. The van der Waals surface area contributed by atoms with Crippen LogP contribution in [0.4, 0.5) is 5.13 Å². The number of hydrogen-bond acceptors (Lipinski definition) is 5. The predicted octanol–water partition coefficient (Wildman–Crippen LogP) is 4.70. The highest BCUT2D eigenvalue weighted by atomic mass is 35.5. The number of nitriles is 1. The van der Waals surface area contributed by atoms with Crippen molar-refractivity contribution >= 4 is 34.0 Å². The maximum absolute atomic E-state index is 12.5. The summed E-state index contributed by atoms with van der Waals surface area (Å²) < 4.78 is 1.61. The lowest BCUT2D eigenvalue weighted by Gasteiger charge is -2.01. The standard InChI is InChI=1S/C21H14ClN5OS/c22-17-5-7-18(8-6-17)27-13-16(11-25-27)20(28)26-21-24-12-19(29-21)9-14-1-3-15(10-23)4-2-14/h1-8,11-13H,9H2,(H,24,26,28). The summed E-state index contributed by atoms with van der Waals surface area (Å²) in [6, 6.07) is 16.7.